The van der Waals surface area contributed by atoms with Gasteiger partial charge >= 0.3 is 0 Å². The molecule has 1 aromatic carbocycles. The van der Waals surface area contributed by atoms with E-state index in [1.54, 1.807) is 6.20 Å². The molecule has 0 spiro atoms. The summed E-state index contributed by atoms with van der Waals surface area (Å²) >= 11 is 0. The minimum Gasteiger partial charge on any atom is -0.456 e. The first kappa shape index (κ1) is 14.1. The third-order valence-electron chi connectivity index (χ3n) is 3.79. The van der Waals surface area contributed by atoms with Gasteiger partial charge in [-0.1, -0.05) is 19.9 Å². The first-order valence-corrected chi connectivity index (χ1v) is 7.67. The Labute approximate surface area is 126 Å². The van der Waals surface area contributed by atoms with Crippen LogP contribution in [0.25, 0.3) is 0 Å². The lowest BCUT2D eigenvalue weighted by atomic mass is 10.1. The lowest BCUT2D eigenvalue weighted by Crippen LogP contribution is -2.21. The van der Waals surface area contributed by atoms with E-state index in [0.717, 1.165) is 23.6 Å². The molecule has 0 fully saturated rings. The van der Waals surface area contributed by atoms with Gasteiger partial charge in [0.1, 0.15) is 11.5 Å². The Morgan fingerprint density at radius 1 is 1.10 bits per heavy atom. The number of fused-ring (bicyclic) bond motifs is 1. The van der Waals surface area contributed by atoms with Crippen LogP contribution in [0.15, 0.2) is 36.7 Å². The van der Waals surface area contributed by atoms with Crippen molar-refractivity contribution in [2.75, 3.05) is 0 Å². The molecule has 0 saturated heterocycles. The molecule has 0 unspecified atom stereocenters. The molecule has 1 aliphatic rings. The number of pyridine rings is 1. The molecule has 21 heavy (non-hydrogen) atoms. The van der Waals surface area contributed by atoms with Crippen molar-refractivity contribution in [3.05, 3.63) is 53.3 Å². The van der Waals surface area contributed by atoms with Crippen LogP contribution in [-0.2, 0) is 19.4 Å². The lowest BCUT2D eigenvalue weighted by molar-refractivity contribution is 0.477. The van der Waals surface area contributed by atoms with E-state index in [4.69, 9.17) is 4.74 Å². The molecule has 2 aromatic rings. The van der Waals surface area contributed by atoms with Gasteiger partial charge in [-0.3, -0.25) is 4.98 Å². The third kappa shape index (κ3) is 3.61. The maximum absolute atomic E-state index is 5.96. The highest BCUT2D eigenvalue weighted by Crippen LogP contribution is 2.28. The van der Waals surface area contributed by atoms with Crippen molar-refractivity contribution in [3.63, 3.8) is 0 Å². The van der Waals surface area contributed by atoms with E-state index >= 15 is 0 Å². The predicted molar refractivity (Wildman–Crippen MR) is 84.8 cm³/mol. The van der Waals surface area contributed by atoms with E-state index in [1.807, 2.05) is 6.20 Å². The molecule has 3 heteroatoms. The first-order chi connectivity index (χ1) is 10.2. The number of aromatic nitrogens is 1. The summed E-state index contributed by atoms with van der Waals surface area (Å²) in [5.41, 5.74) is 4.04. The number of hydrogen-bond acceptors (Lipinski definition) is 3. The van der Waals surface area contributed by atoms with E-state index in [1.165, 1.54) is 30.4 Å². The summed E-state index contributed by atoms with van der Waals surface area (Å²) in [5.74, 6) is 1.71. The van der Waals surface area contributed by atoms with Gasteiger partial charge in [0.2, 0.25) is 0 Å². The Morgan fingerprint density at radius 2 is 1.95 bits per heavy atom. The largest absolute Gasteiger partial charge is 0.456 e. The highest BCUT2D eigenvalue weighted by atomic mass is 16.5. The van der Waals surface area contributed by atoms with E-state index in [-0.39, 0.29) is 0 Å². The molecule has 1 aromatic heterocycles. The van der Waals surface area contributed by atoms with E-state index in [2.05, 4.69) is 48.4 Å². The summed E-state index contributed by atoms with van der Waals surface area (Å²) < 4.78 is 5.96. The van der Waals surface area contributed by atoms with Crippen molar-refractivity contribution in [2.24, 2.45) is 0 Å². The molecule has 0 atom stereocenters. The predicted octanol–water partition coefficient (Wildman–Crippen LogP) is 3.86. The lowest BCUT2D eigenvalue weighted by Gasteiger charge is -2.10. The topological polar surface area (TPSA) is 34.2 Å². The van der Waals surface area contributed by atoms with Crippen molar-refractivity contribution < 1.29 is 4.74 Å². The molecule has 3 nitrogen and oxygen atoms in total. The molecular formula is C18H22N2O. The highest BCUT2D eigenvalue weighted by Gasteiger charge is 2.11. The Kier molecular flexibility index (Phi) is 4.20. The normalized spacial score (nSPS) is 13.5. The van der Waals surface area contributed by atoms with Crippen molar-refractivity contribution in [2.45, 2.75) is 45.7 Å². The molecule has 0 radical (unpaired) electrons. The fourth-order valence-corrected chi connectivity index (χ4v) is 2.69. The number of nitrogens with zero attached hydrogens (tertiary/aromatic N) is 1. The summed E-state index contributed by atoms with van der Waals surface area (Å²) in [5, 5.41) is 3.39. The molecule has 0 saturated carbocycles. The van der Waals surface area contributed by atoms with Crippen LogP contribution in [0.3, 0.4) is 0 Å². The maximum Gasteiger partial charge on any atom is 0.146 e. The van der Waals surface area contributed by atoms with E-state index in [9.17, 15) is 0 Å². The van der Waals surface area contributed by atoms with E-state index < -0.39 is 0 Å². The smallest absolute Gasteiger partial charge is 0.146 e. The van der Waals surface area contributed by atoms with Gasteiger partial charge in [0, 0.05) is 18.8 Å². The van der Waals surface area contributed by atoms with Crippen LogP contribution >= 0.6 is 0 Å². The van der Waals surface area contributed by atoms with Gasteiger partial charge in [0.15, 0.2) is 0 Å². The quantitative estimate of drug-likeness (QED) is 0.904. The number of hydrogen-bond donors (Lipinski definition) is 1. The van der Waals surface area contributed by atoms with Crippen LogP contribution in [-0.4, -0.2) is 11.0 Å². The van der Waals surface area contributed by atoms with Gasteiger partial charge in [-0.25, -0.2) is 0 Å². The number of ether oxygens (including phenoxy) is 1. The van der Waals surface area contributed by atoms with Crippen LogP contribution < -0.4 is 10.1 Å². The molecule has 110 valence electrons. The Balaban J connectivity index is 1.71. The van der Waals surface area contributed by atoms with Gasteiger partial charge in [-0.05, 0) is 54.2 Å². The van der Waals surface area contributed by atoms with Gasteiger partial charge < -0.3 is 10.1 Å². The molecule has 1 aliphatic carbocycles. The van der Waals surface area contributed by atoms with Crippen molar-refractivity contribution in [3.8, 4) is 11.5 Å². The second-order valence-corrected chi connectivity index (χ2v) is 5.95. The second kappa shape index (κ2) is 6.27. The van der Waals surface area contributed by atoms with Gasteiger partial charge in [-0.2, -0.15) is 0 Å². The SMILES string of the molecule is CC(C)NCc1cncc(Oc2ccc3c(c2)CCC3)c1. The number of rotatable bonds is 5. The minimum atomic E-state index is 0.464. The van der Waals surface area contributed by atoms with Crippen LogP contribution in [0, 0.1) is 0 Å². The summed E-state index contributed by atoms with van der Waals surface area (Å²) in [6.07, 6.45) is 7.28. The molecule has 0 bridgehead atoms. The zero-order chi connectivity index (χ0) is 14.7. The van der Waals surface area contributed by atoms with Gasteiger partial charge in [0.25, 0.3) is 0 Å². The number of nitrogens with one attached hydrogen (secondary N) is 1. The van der Waals surface area contributed by atoms with Gasteiger partial charge in [-0.15, -0.1) is 0 Å². The first-order valence-electron chi connectivity index (χ1n) is 7.67. The average molecular weight is 282 g/mol. The van der Waals surface area contributed by atoms with E-state index in [0.29, 0.717) is 6.04 Å². The molecule has 0 aliphatic heterocycles. The second-order valence-electron chi connectivity index (χ2n) is 5.95. The Bertz CT molecular complexity index is 622. The van der Waals surface area contributed by atoms with Gasteiger partial charge in [0.05, 0.1) is 6.20 Å². The number of benzene rings is 1. The van der Waals surface area contributed by atoms with Crippen LogP contribution in [0.1, 0.15) is 37.0 Å². The Morgan fingerprint density at radius 3 is 2.81 bits per heavy atom. The fraction of sp³-hybridized carbons (Fsp3) is 0.389. The van der Waals surface area contributed by atoms with Crippen molar-refractivity contribution in [1.29, 1.82) is 0 Å². The third-order valence-corrected chi connectivity index (χ3v) is 3.79. The highest BCUT2D eigenvalue weighted by molar-refractivity contribution is 5.40. The Hall–Kier alpha value is -1.87. The molecule has 3 rings (SSSR count). The average Bonchev–Trinajstić information content (AvgIpc) is 2.93. The summed E-state index contributed by atoms with van der Waals surface area (Å²) in [7, 11) is 0. The van der Waals surface area contributed by atoms with Crippen LogP contribution in [0.5, 0.6) is 11.5 Å². The monoisotopic (exact) mass is 282 g/mol. The molecular weight excluding hydrogens is 260 g/mol. The zero-order valence-electron chi connectivity index (χ0n) is 12.7. The standard InChI is InChI=1S/C18H22N2O/c1-13(2)20-11-14-8-18(12-19-10-14)21-17-7-6-15-4-3-5-16(15)9-17/h6-10,12-13,20H,3-5,11H2,1-2H3. The summed E-state index contributed by atoms with van der Waals surface area (Å²) in [4.78, 5) is 4.27. The zero-order valence-corrected chi connectivity index (χ0v) is 12.7. The summed E-state index contributed by atoms with van der Waals surface area (Å²) in [6.45, 7) is 5.09. The number of aryl methyl sites for hydroxylation is 2. The molecule has 0 amide bonds. The van der Waals surface area contributed by atoms with Crippen LogP contribution in [0.4, 0.5) is 0 Å². The maximum atomic E-state index is 5.96. The van der Waals surface area contributed by atoms with Crippen molar-refractivity contribution in [1.82, 2.24) is 10.3 Å². The fourth-order valence-electron chi connectivity index (χ4n) is 2.69. The van der Waals surface area contributed by atoms with Crippen molar-refractivity contribution >= 4 is 0 Å². The molecule has 1 heterocycles. The van der Waals surface area contributed by atoms with Crippen LogP contribution in [0.2, 0.25) is 0 Å². The minimum absolute atomic E-state index is 0.464. The summed E-state index contributed by atoms with van der Waals surface area (Å²) in [6, 6.07) is 8.93. The molecule has 1 N–H and O–H groups in total.